The zero-order chi connectivity index (χ0) is 27.5. The van der Waals surface area contributed by atoms with Crippen LogP contribution in [0.2, 0.25) is 0 Å². The predicted molar refractivity (Wildman–Crippen MR) is 143 cm³/mol. The highest BCUT2D eigenvalue weighted by molar-refractivity contribution is 7.17. The van der Waals surface area contributed by atoms with Gasteiger partial charge in [0.05, 0.1) is 17.3 Å². The lowest BCUT2D eigenvalue weighted by Gasteiger charge is -2.28. The van der Waals surface area contributed by atoms with Crippen LogP contribution < -0.4 is 10.6 Å². The molecule has 0 spiro atoms. The zero-order valence-corrected chi connectivity index (χ0v) is 23.0. The van der Waals surface area contributed by atoms with Gasteiger partial charge in [-0.25, -0.2) is 9.99 Å². The van der Waals surface area contributed by atoms with Crippen molar-refractivity contribution in [3.05, 3.63) is 57.7 Å². The molecule has 206 valence electrons. The number of methoxy groups -OCH3 is 1. The molecular formula is C27H32N6O5S. The quantitative estimate of drug-likeness (QED) is 0.414. The first-order valence-electron chi connectivity index (χ1n) is 13.0. The van der Waals surface area contributed by atoms with Crippen molar-refractivity contribution in [1.29, 1.82) is 0 Å². The van der Waals surface area contributed by atoms with E-state index < -0.39 is 12.0 Å². The number of fused-ring (bicyclic) bond motifs is 2. The Morgan fingerprint density at radius 2 is 2.08 bits per heavy atom. The Bertz CT molecular complexity index is 1370. The summed E-state index contributed by atoms with van der Waals surface area (Å²) in [5, 5.41) is 14.1. The summed E-state index contributed by atoms with van der Waals surface area (Å²) in [5.41, 5.74) is 3.11. The largest absolute Gasteiger partial charge is 0.385 e. The summed E-state index contributed by atoms with van der Waals surface area (Å²) < 4.78 is 10.5. The summed E-state index contributed by atoms with van der Waals surface area (Å²) in [5.74, 6) is -0.882. The number of amides is 3. The van der Waals surface area contributed by atoms with E-state index in [2.05, 4.69) is 20.8 Å². The number of benzene rings is 1. The number of ether oxygens (including phenoxy) is 1. The van der Waals surface area contributed by atoms with Crippen molar-refractivity contribution in [2.75, 3.05) is 33.4 Å². The van der Waals surface area contributed by atoms with E-state index in [4.69, 9.17) is 9.26 Å². The number of aromatic nitrogens is 2. The molecule has 0 aliphatic carbocycles. The molecule has 2 aliphatic heterocycles. The number of hydrogen-bond acceptors (Lipinski definition) is 9. The molecular weight excluding hydrogens is 520 g/mol. The number of nitrogens with zero attached hydrogens (tertiary/aromatic N) is 4. The Kier molecular flexibility index (Phi) is 8.05. The molecule has 1 fully saturated rings. The van der Waals surface area contributed by atoms with Crippen LogP contribution in [0.25, 0.3) is 10.8 Å². The standard InChI is InChI=1S/C27H32N6O5S/c1-16-13-21(38-31-16)26-29-17(2)23(39-26)25(35)28-14-18(9-12-37-3)24(34)30-22-20-8-5-4-7-19(20)15-32-10-6-11-33(32)27(22)36/h4-5,7-8,13,18,22H,6,9-12,14-15H2,1-3H3,(H,28,35)(H,30,34)/t18?,22-/m0/s1. The lowest BCUT2D eigenvalue weighted by molar-refractivity contribution is -0.148. The SMILES string of the molecule is COCCC(CNC(=O)c1sc(-c2cc(C)no2)nc1C)C(=O)N[C@@H]1C(=O)N2CCCN2Cc2ccccc21. The van der Waals surface area contributed by atoms with Crippen molar-refractivity contribution >= 4 is 29.1 Å². The van der Waals surface area contributed by atoms with Crippen molar-refractivity contribution < 1.29 is 23.6 Å². The number of thiazole rings is 1. The highest BCUT2D eigenvalue weighted by atomic mass is 32.1. The number of rotatable bonds is 9. The third kappa shape index (κ3) is 5.72. The monoisotopic (exact) mass is 552 g/mol. The summed E-state index contributed by atoms with van der Waals surface area (Å²) >= 11 is 1.21. The minimum Gasteiger partial charge on any atom is -0.385 e. The highest BCUT2D eigenvalue weighted by Crippen LogP contribution is 2.30. The van der Waals surface area contributed by atoms with Crippen molar-refractivity contribution in [3.8, 4) is 10.8 Å². The molecule has 11 nitrogen and oxygen atoms in total. The summed E-state index contributed by atoms with van der Waals surface area (Å²) in [6, 6.07) is 8.69. The van der Waals surface area contributed by atoms with Gasteiger partial charge in [-0.3, -0.25) is 19.4 Å². The minimum atomic E-state index is -0.797. The van der Waals surface area contributed by atoms with Crippen LogP contribution in [0.1, 0.15) is 51.1 Å². The second-order valence-corrected chi connectivity index (χ2v) is 10.8. The van der Waals surface area contributed by atoms with Crippen LogP contribution >= 0.6 is 11.3 Å². The van der Waals surface area contributed by atoms with Crippen molar-refractivity contribution in [2.45, 2.75) is 39.3 Å². The fourth-order valence-electron chi connectivity index (χ4n) is 4.98. The van der Waals surface area contributed by atoms with Crippen molar-refractivity contribution in [1.82, 2.24) is 30.8 Å². The average Bonchev–Trinajstić information content (AvgIpc) is 3.65. The van der Waals surface area contributed by atoms with E-state index in [0.717, 1.165) is 29.8 Å². The molecule has 0 saturated carbocycles. The van der Waals surface area contributed by atoms with Gasteiger partial charge in [0.25, 0.3) is 11.8 Å². The van der Waals surface area contributed by atoms with Crippen LogP contribution in [-0.2, 0) is 20.9 Å². The Balaban J connectivity index is 1.30. The van der Waals surface area contributed by atoms with E-state index in [1.54, 1.807) is 25.1 Å². The zero-order valence-electron chi connectivity index (χ0n) is 22.2. The maximum atomic E-state index is 13.6. The Hall–Kier alpha value is -3.61. The number of hydrazine groups is 1. The van der Waals surface area contributed by atoms with Gasteiger partial charge in [0.15, 0.2) is 10.8 Å². The molecule has 4 heterocycles. The van der Waals surface area contributed by atoms with E-state index in [-0.39, 0.29) is 24.3 Å². The predicted octanol–water partition coefficient (Wildman–Crippen LogP) is 2.62. The molecule has 5 rings (SSSR count). The van der Waals surface area contributed by atoms with Crippen LogP contribution in [0, 0.1) is 19.8 Å². The first-order chi connectivity index (χ1) is 18.9. The molecule has 2 aromatic heterocycles. The summed E-state index contributed by atoms with van der Waals surface area (Å²) in [7, 11) is 1.56. The number of hydrogen-bond donors (Lipinski definition) is 2. The molecule has 3 amide bonds. The highest BCUT2D eigenvalue weighted by Gasteiger charge is 2.38. The van der Waals surface area contributed by atoms with Gasteiger partial charge in [-0.2, -0.15) is 0 Å². The van der Waals surface area contributed by atoms with E-state index >= 15 is 0 Å². The maximum Gasteiger partial charge on any atom is 0.264 e. The molecule has 2 aliphatic rings. The molecule has 0 bridgehead atoms. The molecule has 12 heteroatoms. The Labute approximate surface area is 230 Å². The van der Waals surface area contributed by atoms with Gasteiger partial charge in [-0.15, -0.1) is 11.3 Å². The molecule has 3 aromatic rings. The molecule has 1 aromatic carbocycles. The minimum absolute atomic E-state index is 0.0838. The van der Waals surface area contributed by atoms with Gasteiger partial charge in [0.2, 0.25) is 5.91 Å². The van der Waals surface area contributed by atoms with E-state index in [1.165, 1.54) is 11.3 Å². The lowest BCUT2D eigenvalue weighted by Crippen LogP contribution is -2.47. The van der Waals surface area contributed by atoms with Gasteiger partial charge in [-0.05, 0) is 37.8 Å². The van der Waals surface area contributed by atoms with Gasteiger partial charge in [0, 0.05) is 46.0 Å². The van der Waals surface area contributed by atoms with Crippen LogP contribution in [0.5, 0.6) is 0 Å². The third-order valence-electron chi connectivity index (χ3n) is 7.03. The van der Waals surface area contributed by atoms with Gasteiger partial charge < -0.3 is 19.9 Å². The molecule has 2 N–H and O–H groups in total. The van der Waals surface area contributed by atoms with E-state index in [9.17, 15) is 14.4 Å². The molecule has 1 unspecified atom stereocenters. The summed E-state index contributed by atoms with van der Waals surface area (Å²) in [4.78, 5) is 45.0. The van der Waals surface area contributed by atoms with Crippen molar-refractivity contribution in [3.63, 3.8) is 0 Å². The van der Waals surface area contributed by atoms with Crippen LogP contribution in [0.15, 0.2) is 34.9 Å². The second-order valence-electron chi connectivity index (χ2n) is 9.80. The summed E-state index contributed by atoms with van der Waals surface area (Å²) in [6.07, 6.45) is 1.27. The fourth-order valence-corrected chi connectivity index (χ4v) is 5.91. The summed E-state index contributed by atoms with van der Waals surface area (Å²) in [6.45, 7) is 6.04. The van der Waals surface area contributed by atoms with Crippen LogP contribution in [0.3, 0.4) is 0 Å². The van der Waals surface area contributed by atoms with E-state index in [0.29, 0.717) is 47.5 Å². The normalized spacial score (nSPS) is 17.9. The van der Waals surface area contributed by atoms with Crippen molar-refractivity contribution in [2.24, 2.45) is 5.92 Å². The number of nitrogens with one attached hydrogen (secondary N) is 2. The Morgan fingerprint density at radius 3 is 2.85 bits per heavy atom. The third-order valence-corrected chi connectivity index (χ3v) is 8.20. The first kappa shape index (κ1) is 27.0. The Morgan fingerprint density at radius 1 is 1.26 bits per heavy atom. The number of carbonyl (C=O) groups is 3. The topological polar surface area (TPSA) is 130 Å². The number of aryl methyl sites for hydroxylation is 2. The smallest absolute Gasteiger partial charge is 0.264 e. The molecule has 39 heavy (non-hydrogen) atoms. The van der Waals surface area contributed by atoms with E-state index in [1.807, 2.05) is 36.2 Å². The number of carbonyl (C=O) groups excluding carboxylic acids is 3. The van der Waals surface area contributed by atoms with Crippen LogP contribution in [0.4, 0.5) is 0 Å². The van der Waals surface area contributed by atoms with Crippen LogP contribution in [-0.4, -0.2) is 71.2 Å². The first-order valence-corrected chi connectivity index (χ1v) is 13.8. The average molecular weight is 553 g/mol. The second kappa shape index (κ2) is 11.6. The van der Waals surface area contributed by atoms with Gasteiger partial charge in [0.1, 0.15) is 10.9 Å². The maximum absolute atomic E-state index is 13.6. The molecule has 1 saturated heterocycles. The van der Waals surface area contributed by atoms with Gasteiger partial charge >= 0.3 is 0 Å². The molecule has 2 atom stereocenters. The fraction of sp³-hybridized carbons (Fsp3) is 0.444. The van der Waals surface area contributed by atoms with Gasteiger partial charge in [-0.1, -0.05) is 29.4 Å². The lowest BCUT2D eigenvalue weighted by atomic mass is 9.98. The molecule has 0 radical (unpaired) electrons.